The quantitative estimate of drug-likeness (QED) is 0.521. The minimum Gasteiger partial charge on any atom is -0.481 e. The van der Waals surface area contributed by atoms with Gasteiger partial charge in [0.2, 0.25) is 0 Å². The van der Waals surface area contributed by atoms with E-state index < -0.39 is 5.97 Å². The molecule has 0 aromatic rings. The topological polar surface area (TPSA) is 46.5 Å². The smallest absolute Gasteiger partial charge is 0.305 e. The molecule has 1 N–H and O–H groups in total. The number of carboxylic acid groups (broad SMARTS) is 1. The number of hydrogen-bond acceptors (Lipinski definition) is 2. The second-order valence-corrected chi connectivity index (χ2v) is 4.23. The fourth-order valence-corrected chi connectivity index (χ4v) is 1.60. The SMILES string of the molecule is CCCCCCCCCCOCCC(=O)O. The van der Waals surface area contributed by atoms with Gasteiger partial charge in [-0.3, -0.25) is 4.79 Å². The van der Waals surface area contributed by atoms with Gasteiger partial charge in [-0.05, 0) is 6.42 Å². The lowest BCUT2D eigenvalue weighted by atomic mass is 10.1. The summed E-state index contributed by atoms with van der Waals surface area (Å²) < 4.78 is 5.21. The van der Waals surface area contributed by atoms with Crippen LogP contribution in [0.15, 0.2) is 0 Å². The van der Waals surface area contributed by atoms with Crippen LogP contribution in [0.25, 0.3) is 0 Å². The third kappa shape index (κ3) is 13.4. The van der Waals surface area contributed by atoms with Gasteiger partial charge in [-0.25, -0.2) is 0 Å². The highest BCUT2D eigenvalue weighted by molar-refractivity contribution is 5.66. The Balaban J connectivity index is 2.90. The molecule has 0 unspecified atom stereocenters. The molecule has 0 fully saturated rings. The molecule has 0 saturated carbocycles. The Morgan fingerprint density at radius 3 is 2.06 bits per heavy atom. The summed E-state index contributed by atoms with van der Waals surface area (Å²) in [4.78, 5) is 10.2. The van der Waals surface area contributed by atoms with Crippen molar-refractivity contribution in [2.24, 2.45) is 0 Å². The maximum absolute atomic E-state index is 10.2. The summed E-state index contributed by atoms with van der Waals surface area (Å²) in [6.45, 7) is 3.29. The van der Waals surface area contributed by atoms with Crippen molar-refractivity contribution in [3.8, 4) is 0 Å². The molecule has 3 heteroatoms. The highest BCUT2D eigenvalue weighted by Crippen LogP contribution is 2.08. The molecule has 0 aliphatic heterocycles. The maximum Gasteiger partial charge on any atom is 0.305 e. The van der Waals surface area contributed by atoms with Gasteiger partial charge in [0, 0.05) is 6.61 Å². The van der Waals surface area contributed by atoms with Crippen LogP contribution in [-0.4, -0.2) is 24.3 Å². The largest absolute Gasteiger partial charge is 0.481 e. The van der Waals surface area contributed by atoms with Gasteiger partial charge in [-0.2, -0.15) is 0 Å². The van der Waals surface area contributed by atoms with Crippen LogP contribution in [0.4, 0.5) is 0 Å². The first-order valence-corrected chi connectivity index (χ1v) is 6.57. The van der Waals surface area contributed by atoms with E-state index in [1.165, 1.54) is 44.9 Å². The summed E-state index contributed by atoms with van der Waals surface area (Å²) in [7, 11) is 0. The highest BCUT2D eigenvalue weighted by atomic mass is 16.5. The molecule has 0 aromatic carbocycles. The molecule has 3 nitrogen and oxygen atoms in total. The van der Waals surface area contributed by atoms with Crippen LogP contribution in [-0.2, 0) is 9.53 Å². The lowest BCUT2D eigenvalue weighted by Crippen LogP contribution is -2.03. The number of hydrogen-bond donors (Lipinski definition) is 1. The van der Waals surface area contributed by atoms with E-state index in [2.05, 4.69) is 6.92 Å². The lowest BCUT2D eigenvalue weighted by molar-refractivity contribution is -0.138. The fourth-order valence-electron chi connectivity index (χ4n) is 1.60. The average molecular weight is 230 g/mol. The molecule has 0 aromatic heterocycles. The molecule has 96 valence electrons. The Morgan fingerprint density at radius 2 is 1.50 bits per heavy atom. The summed E-state index contributed by atoms with van der Waals surface area (Å²) in [6.07, 6.45) is 10.4. The fraction of sp³-hybridized carbons (Fsp3) is 0.923. The van der Waals surface area contributed by atoms with E-state index in [1.54, 1.807) is 0 Å². The van der Waals surface area contributed by atoms with Crippen LogP contribution in [0.3, 0.4) is 0 Å². The van der Waals surface area contributed by atoms with Crippen molar-refractivity contribution in [1.82, 2.24) is 0 Å². The summed E-state index contributed by atoms with van der Waals surface area (Å²) in [5, 5.41) is 8.38. The number of ether oxygens (including phenoxy) is 1. The van der Waals surface area contributed by atoms with E-state index >= 15 is 0 Å². The molecular formula is C13H26O3. The van der Waals surface area contributed by atoms with Gasteiger partial charge in [0.1, 0.15) is 0 Å². The highest BCUT2D eigenvalue weighted by Gasteiger charge is 1.96. The molecule has 0 spiro atoms. The maximum atomic E-state index is 10.2. The summed E-state index contributed by atoms with van der Waals surface area (Å²) >= 11 is 0. The zero-order valence-corrected chi connectivity index (χ0v) is 10.5. The van der Waals surface area contributed by atoms with Gasteiger partial charge in [-0.15, -0.1) is 0 Å². The van der Waals surface area contributed by atoms with Crippen molar-refractivity contribution in [2.75, 3.05) is 13.2 Å². The van der Waals surface area contributed by atoms with Gasteiger partial charge in [0.25, 0.3) is 0 Å². The van der Waals surface area contributed by atoms with Crippen molar-refractivity contribution < 1.29 is 14.6 Å². The van der Waals surface area contributed by atoms with E-state index in [4.69, 9.17) is 9.84 Å². The molecule has 0 radical (unpaired) electrons. The predicted octanol–water partition coefficient (Wildman–Crippen LogP) is 3.62. The van der Waals surface area contributed by atoms with Crippen LogP contribution in [0.2, 0.25) is 0 Å². The Kier molecular flexibility index (Phi) is 12.1. The normalized spacial score (nSPS) is 10.6. The molecule has 0 rings (SSSR count). The molecule has 0 bridgehead atoms. The minimum atomic E-state index is -0.782. The van der Waals surface area contributed by atoms with Gasteiger partial charge in [-0.1, -0.05) is 51.9 Å². The van der Waals surface area contributed by atoms with E-state index in [0.29, 0.717) is 13.2 Å². The predicted molar refractivity (Wildman–Crippen MR) is 65.7 cm³/mol. The van der Waals surface area contributed by atoms with Gasteiger partial charge in [0.15, 0.2) is 0 Å². The summed E-state index contributed by atoms with van der Waals surface area (Å²) in [6, 6.07) is 0. The molecule has 0 aliphatic rings. The van der Waals surface area contributed by atoms with Crippen LogP contribution in [0, 0.1) is 0 Å². The lowest BCUT2D eigenvalue weighted by Gasteiger charge is -2.03. The Bertz CT molecular complexity index is 157. The number of carboxylic acids is 1. The monoisotopic (exact) mass is 230 g/mol. The first kappa shape index (κ1) is 15.4. The van der Waals surface area contributed by atoms with E-state index in [-0.39, 0.29) is 6.42 Å². The van der Waals surface area contributed by atoms with Crippen LogP contribution in [0.1, 0.15) is 64.7 Å². The van der Waals surface area contributed by atoms with Crippen molar-refractivity contribution in [2.45, 2.75) is 64.7 Å². The minimum absolute atomic E-state index is 0.122. The third-order valence-corrected chi connectivity index (χ3v) is 2.60. The number of aliphatic carboxylic acids is 1. The van der Waals surface area contributed by atoms with Crippen LogP contribution < -0.4 is 0 Å². The molecule has 0 saturated heterocycles. The van der Waals surface area contributed by atoms with Crippen molar-refractivity contribution >= 4 is 5.97 Å². The summed E-state index contributed by atoms with van der Waals surface area (Å²) in [5.41, 5.74) is 0. The molecule has 0 atom stereocenters. The molecule has 0 aliphatic carbocycles. The van der Waals surface area contributed by atoms with E-state index in [1.807, 2.05) is 0 Å². The average Bonchev–Trinajstić information content (AvgIpc) is 2.25. The first-order valence-electron chi connectivity index (χ1n) is 6.57. The van der Waals surface area contributed by atoms with Gasteiger partial charge in [0.05, 0.1) is 13.0 Å². The second-order valence-electron chi connectivity index (χ2n) is 4.23. The zero-order valence-electron chi connectivity index (χ0n) is 10.5. The van der Waals surface area contributed by atoms with E-state index in [9.17, 15) is 4.79 Å². The molecule has 0 amide bonds. The Labute approximate surface area is 99.2 Å². The number of carbonyl (C=O) groups is 1. The molecular weight excluding hydrogens is 204 g/mol. The number of rotatable bonds is 12. The second kappa shape index (κ2) is 12.5. The molecule has 16 heavy (non-hydrogen) atoms. The van der Waals surface area contributed by atoms with Crippen molar-refractivity contribution in [3.63, 3.8) is 0 Å². The Morgan fingerprint density at radius 1 is 0.938 bits per heavy atom. The molecule has 0 heterocycles. The van der Waals surface area contributed by atoms with Crippen LogP contribution in [0.5, 0.6) is 0 Å². The van der Waals surface area contributed by atoms with Gasteiger partial charge >= 0.3 is 5.97 Å². The van der Waals surface area contributed by atoms with Gasteiger partial charge < -0.3 is 9.84 Å². The zero-order chi connectivity index (χ0) is 12.1. The standard InChI is InChI=1S/C13H26O3/c1-2-3-4-5-6-7-8-9-11-16-12-10-13(14)15/h2-12H2,1H3,(H,14,15). The first-order chi connectivity index (χ1) is 7.77. The third-order valence-electron chi connectivity index (χ3n) is 2.60. The van der Waals surface area contributed by atoms with Crippen molar-refractivity contribution in [3.05, 3.63) is 0 Å². The van der Waals surface area contributed by atoms with E-state index in [0.717, 1.165) is 6.42 Å². The number of unbranched alkanes of at least 4 members (excludes halogenated alkanes) is 7. The van der Waals surface area contributed by atoms with Crippen molar-refractivity contribution in [1.29, 1.82) is 0 Å². The summed E-state index contributed by atoms with van der Waals surface area (Å²) in [5.74, 6) is -0.782. The van der Waals surface area contributed by atoms with Crippen LogP contribution >= 0.6 is 0 Å². The Hall–Kier alpha value is -0.570.